The number of hydrogen-bond acceptors (Lipinski definition) is 4. The Balaban J connectivity index is 2.98. The van der Waals surface area contributed by atoms with Crippen molar-refractivity contribution in [2.75, 3.05) is 40.6 Å². The molecule has 0 heterocycles. The van der Waals surface area contributed by atoms with Crippen molar-refractivity contribution in [1.82, 2.24) is 0 Å². The highest BCUT2D eigenvalue weighted by Gasteiger charge is 2.00. The molecule has 0 bridgehead atoms. The summed E-state index contributed by atoms with van der Waals surface area (Å²) in [5, 5.41) is 0. The summed E-state index contributed by atoms with van der Waals surface area (Å²) in [6.45, 7) is 2.79. The number of methoxy groups -OCH3 is 2. The molecule has 0 radical (unpaired) electrons. The van der Waals surface area contributed by atoms with E-state index in [0.717, 1.165) is 25.9 Å². The van der Waals surface area contributed by atoms with Gasteiger partial charge >= 0.3 is 0 Å². The highest BCUT2D eigenvalue weighted by molar-refractivity contribution is 4.59. The van der Waals surface area contributed by atoms with Gasteiger partial charge in [-0.15, -0.1) is 0 Å². The van der Waals surface area contributed by atoms with Crippen LogP contribution >= 0.6 is 0 Å². The first-order valence-corrected chi connectivity index (χ1v) is 5.12. The van der Waals surface area contributed by atoms with Gasteiger partial charge in [-0.25, -0.2) is 0 Å². The zero-order valence-corrected chi connectivity index (χ0v) is 9.33. The van der Waals surface area contributed by atoms with Crippen molar-refractivity contribution < 1.29 is 14.2 Å². The van der Waals surface area contributed by atoms with E-state index in [-0.39, 0.29) is 6.04 Å². The molecule has 1 unspecified atom stereocenters. The Labute approximate surface area is 86.7 Å². The van der Waals surface area contributed by atoms with E-state index in [1.54, 1.807) is 14.2 Å². The molecule has 0 aromatic heterocycles. The third kappa shape index (κ3) is 9.92. The highest BCUT2D eigenvalue weighted by Crippen LogP contribution is 1.99. The maximum Gasteiger partial charge on any atom is 0.0700 e. The molecule has 0 aliphatic rings. The molecule has 0 aliphatic carbocycles. The van der Waals surface area contributed by atoms with Gasteiger partial charge in [0, 0.05) is 26.9 Å². The van der Waals surface area contributed by atoms with E-state index in [2.05, 4.69) is 0 Å². The Kier molecular flexibility index (Phi) is 10.8. The third-order valence-corrected chi connectivity index (χ3v) is 1.93. The van der Waals surface area contributed by atoms with Gasteiger partial charge in [0.1, 0.15) is 0 Å². The van der Waals surface area contributed by atoms with Crippen molar-refractivity contribution in [2.24, 2.45) is 5.73 Å². The fourth-order valence-corrected chi connectivity index (χ4v) is 1.15. The lowest BCUT2D eigenvalue weighted by Gasteiger charge is -2.09. The maximum atomic E-state index is 5.76. The predicted octanol–water partition coefficient (Wildman–Crippen LogP) is 0.793. The number of hydrogen-bond donors (Lipinski definition) is 1. The summed E-state index contributed by atoms with van der Waals surface area (Å²) in [6.07, 6.45) is 3.15. The van der Waals surface area contributed by atoms with E-state index in [9.17, 15) is 0 Å². The summed E-state index contributed by atoms with van der Waals surface area (Å²) in [5.74, 6) is 0. The van der Waals surface area contributed by atoms with Gasteiger partial charge in [0.15, 0.2) is 0 Å². The Bertz CT molecular complexity index is 112. The number of nitrogens with two attached hydrogens (primary N) is 1. The molecular weight excluding hydrogens is 182 g/mol. The predicted molar refractivity (Wildman–Crippen MR) is 56.4 cm³/mol. The zero-order chi connectivity index (χ0) is 10.6. The lowest BCUT2D eigenvalue weighted by Crippen LogP contribution is -2.25. The van der Waals surface area contributed by atoms with Crippen molar-refractivity contribution in [2.45, 2.75) is 25.3 Å². The summed E-state index contributed by atoms with van der Waals surface area (Å²) in [4.78, 5) is 0. The van der Waals surface area contributed by atoms with Crippen molar-refractivity contribution in [1.29, 1.82) is 0 Å². The topological polar surface area (TPSA) is 53.7 Å². The van der Waals surface area contributed by atoms with Gasteiger partial charge < -0.3 is 19.9 Å². The van der Waals surface area contributed by atoms with Crippen LogP contribution < -0.4 is 5.73 Å². The molecule has 0 fully saturated rings. The quantitative estimate of drug-likeness (QED) is 0.536. The summed E-state index contributed by atoms with van der Waals surface area (Å²) < 4.78 is 15.1. The van der Waals surface area contributed by atoms with Crippen molar-refractivity contribution in [3.8, 4) is 0 Å². The molecule has 14 heavy (non-hydrogen) atoms. The van der Waals surface area contributed by atoms with E-state index in [1.807, 2.05) is 0 Å². The van der Waals surface area contributed by atoms with Gasteiger partial charge in [0.05, 0.1) is 19.8 Å². The highest BCUT2D eigenvalue weighted by atomic mass is 16.5. The van der Waals surface area contributed by atoms with Crippen LogP contribution in [-0.2, 0) is 14.2 Å². The Hall–Kier alpha value is -0.160. The molecule has 0 saturated heterocycles. The van der Waals surface area contributed by atoms with Gasteiger partial charge in [-0.3, -0.25) is 0 Å². The van der Waals surface area contributed by atoms with Crippen LogP contribution in [0.15, 0.2) is 0 Å². The van der Waals surface area contributed by atoms with Crippen LogP contribution in [0.4, 0.5) is 0 Å². The number of ether oxygens (including phenoxy) is 3. The van der Waals surface area contributed by atoms with Crippen LogP contribution in [0.5, 0.6) is 0 Å². The van der Waals surface area contributed by atoms with E-state index in [1.165, 1.54) is 0 Å². The van der Waals surface area contributed by atoms with Crippen LogP contribution in [0.1, 0.15) is 19.3 Å². The number of rotatable bonds is 10. The maximum absolute atomic E-state index is 5.76. The zero-order valence-electron chi connectivity index (χ0n) is 9.33. The van der Waals surface area contributed by atoms with Gasteiger partial charge in [0.25, 0.3) is 0 Å². The Morgan fingerprint density at radius 1 is 1.00 bits per heavy atom. The first-order valence-electron chi connectivity index (χ1n) is 5.12. The molecule has 0 amide bonds. The number of unbranched alkanes of at least 4 members (excludes halogenated alkanes) is 1. The van der Waals surface area contributed by atoms with Gasteiger partial charge in [-0.2, -0.15) is 0 Å². The van der Waals surface area contributed by atoms with Crippen LogP contribution in [-0.4, -0.2) is 46.7 Å². The molecule has 0 aliphatic heterocycles. The third-order valence-electron chi connectivity index (χ3n) is 1.93. The second-order valence-electron chi connectivity index (χ2n) is 3.32. The second kappa shape index (κ2) is 10.9. The van der Waals surface area contributed by atoms with Gasteiger partial charge in [0.2, 0.25) is 0 Å². The minimum atomic E-state index is 0.166. The van der Waals surface area contributed by atoms with Crippen molar-refractivity contribution in [3.63, 3.8) is 0 Å². The summed E-state index contributed by atoms with van der Waals surface area (Å²) >= 11 is 0. The van der Waals surface area contributed by atoms with E-state index >= 15 is 0 Å². The smallest absolute Gasteiger partial charge is 0.0700 e. The molecule has 1 atom stereocenters. The molecule has 0 spiro atoms. The normalized spacial score (nSPS) is 13.1. The van der Waals surface area contributed by atoms with E-state index in [0.29, 0.717) is 19.8 Å². The molecule has 2 N–H and O–H groups in total. The summed E-state index contributed by atoms with van der Waals surface area (Å²) in [6, 6.07) is 0.166. The van der Waals surface area contributed by atoms with Crippen molar-refractivity contribution >= 4 is 0 Å². The van der Waals surface area contributed by atoms with Crippen LogP contribution in [0, 0.1) is 0 Å². The van der Waals surface area contributed by atoms with Crippen molar-refractivity contribution in [3.05, 3.63) is 0 Å². The van der Waals surface area contributed by atoms with Gasteiger partial charge in [-0.05, 0) is 19.3 Å². The first-order chi connectivity index (χ1) is 6.81. The monoisotopic (exact) mass is 205 g/mol. The Morgan fingerprint density at radius 3 is 2.43 bits per heavy atom. The molecule has 0 rings (SSSR count). The molecule has 0 aromatic carbocycles. The fourth-order valence-electron chi connectivity index (χ4n) is 1.15. The average Bonchev–Trinajstić information content (AvgIpc) is 2.17. The second-order valence-corrected chi connectivity index (χ2v) is 3.32. The minimum Gasteiger partial charge on any atom is -0.383 e. The fraction of sp³-hybridized carbons (Fsp3) is 1.00. The Morgan fingerprint density at radius 2 is 1.79 bits per heavy atom. The minimum absolute atomic E-state index is 0.166. The van der Waals surface area contributed by atoms with E-state index < -0.39 is 0 Å². The molecule has 4 heteroatoms. The lowest BCUT2D eigenvalue weighted by molar-refractivity contribution is 0.0681. The average molecular weight is 205 g/mol. The molecule has 0 aromatic rings. The lowest BCUT2D eigenvalue weighted by atomic mass is 10.1. The summed E-state index contributed by atoms with van der Waals surface area (Å²) in [5.41, 5.74) is 5.76. The molecular formula is C10H23NO3. The standard InChI is InChI=1S/C10H23NO3/c1-12-7-8-14-6-4-3-5-10(11)9-13-2/h10H,3-9,11H2,1-2H3. The largest absolute Gasteiger partial charge is 0.383 e. The first kappa shape index (κ1) is 13.8. The summed E-state index contributed by atoms with van der Waals surface area (Å²) in [7, 11) is 3.35. The SMILES string of the molecule is COCCOCCCCC(N)COC. The van der Waals surface area contributed by atoms with Gasteiger partial charge in [-0.1, -0.05) is 0 Å². The van der Waals surface area contributed by atoms with E-state index in [4.69, 9.17) is 19.9 Å². The molecule has 0 saturated carbocycles. The molecule has 86 valence electrons. The van der Waals surface area contributed by atoms with Crippen LogP contribution in [0.2, 0.25) is 0 Å². The molecule has 4 nitrogen and oxygen atoms in total. The van der Waals surface area contributed by atoms with Crippen LogP contribution in [0.3, 0.4) is 0 Å². The van der Waals surface area contributed by atoms with Crippen LogP contribution in [0.25, 0.3) is 0 Å².